The molecule has 0 bridgehead atoms. The van der Waals surface area contributed by atoms with Crippen LogP contribution >= 0.6 is 0 Å². The number of nitrogens with zero attached hydrogens (tertiary/aromatic N) is 3. The summed E-state index contributed by atoms with van der Waals surface area (Å²) >= 11 is 0. The molecule has 4 rings (SSSR count). The molecule has 2 aromatic carbocycles. The molecule has 0 unspecified atom stereocenters. The van der Waals surface area contributed by atoms with Crippen molar-refractivity contribution in [3.8, 4) is 11.3 Å². The third-order valence-electron chi connectivity index (χ3n) is 5.96. The van der Waals surface area contributed by atoms with Gasteiger partial charge in [0.2, 0.25) is 11.8 Å². The smallest absolute Gasteiger partial charge is 0.333 e. The molecule has 0 radical (unpaired) electrons. The van der Waals surface area contributed by atoms with Crippen LogP contribution in [0.25, 0.3) is 11.3 Å². The SMILES string of the molecule is Cc1cc(-c2cc(C(N)=O)c(C)cc2N2C=C(C(=O)O)[C@H](c3ccc(F)cc3)CC2=O)n(C)n1. The zero-order valence-electron chi connectivity index (χ0n) is 18.9. The van der Waals surface area contributed by atoms with Crippen molar-refractivity contribution in [3.05, 3.63) is 82.4 Å². The zero-order chi connectivity index (χ0) is 24.7. The Morgan fingerprint density at radius 1 is 1.15 bits per heavy atom. The lowest BCUT2D eigenvalue weighted by molar-refractivity contribution is -0.133. The minimum Gasteiger partial charge on any atom is -0.478 e. The third kappa shape index (κ3) is 4.07. The van der Waals surface area contributed by atoms with Gasteiger partial charge in [-0.1, -0.05) is 12.1 Å². The number of carbonyl (C=O) groups excluding carboxylic acids is 2. The molecule has 2 amide bonds. The number of amides is 2. The molecule has 2 heterocycles. The Morgan fingerprint density at radius 3 is 2.38 bits per heavy atom. The summed E-state index contributed by atoms with van der Waals surface area (Å²) in [6.45, 7) is 3.51. The first kappa shape index (κ1) is 22.9. The number of benzene rings is 2. The summed E-state index contributed by atoms with van der Waals surface area (Å²) in [6.07, 6.45) is 1.18. The van der Waals surface area contributed by atoms with Gasteiger partial charge in [-0.25, -0.2) is 9.18 Å². The molecule has 34 heavy (non-hydrogen) atoms. The van der Waals surface area contributed by atoms with Gasteiger partial charge in [0, 0.05) is 36.7 Å². The number of primary amides is 1. The summed E-state index contributed by atoms with van der Waals surface area (Å²) in [7, 11) is 1.73. The largest absolute Gasteiger partial charge is 0.478 e. The Kier molecular flexibility index (Phi) is 5.78. The number of aliphatic carboxylic acids is 1. The highest BCUT2D eigenvalue weighted by atomic mass is 19.1. The average molecular weight is 462 g/mol. The molecule has 0 saturated carbocycles. The average Bonchev–Trinajstić information content (AvgIpc) is 3.11. The summed E-state index contributed by atoms with van der Waals surface area (Å²) in [5.74, 6) is -3.32. The van der Waals surface area contributed by atoms with Crippen molar-refractivity contribution in [2.45, 2.75) is 26.2 Å². The van der Waals surface area contributed by atoms with Crippen LogP contribution in [0.2, 0.25) is 0 Å². The van der Waals surface area contributed by atoms with E-state index in [1.807, 2.05) is 6.92 Å². The molecule has 0 aliphatic carbocycles. The number of carboxylic acid groups (broad SMARTS) is 1. The van der Waals surface area contributed by atoms with E-state index in [1.165, 1.54) is 35.4 Å². The highest BCUT2D eigenvalue weighted by Crippen LogP contribution is 2.40. The van der Waals surface area contributed by atoms with Gasteiger partial charge < -0.3 is 10.8 Å². The van der Waals surface area contributed by atoms with E-state index in [-0.39, 0.29) is 23.5 Å². The van der Waals surface area contributed by atoms with Crippen molar-refractivity contribution in [2.75, 3.05) is 4.90 Å². The number of nitrogens with two attached hydrogens (primary N) is 1. The molecule has 0 fully saturated rings. The van der Waals surface area contributed by atoms with Crippen LogP contribution in [0.1, 0.15) is 39.5 Å². The molecular weight excluding hydrogens is 439 g/mol. The van der Waals surface area contributed by atoms with Crippen LogP contribution in [-0.4, -0.2) is 32.7 Å². The summed E-state index contributed by atoms with van der Waals surface area (Å²) in [6, 6.07) is 10.5. The number of anilines is 1. The van der Waals surface area contributed by atoms with Gasteiger partial charge in [-0.15, -0.1) is 0 Å². The lowest BCUT2D eigenvalue weighted by Gasteiger charge is -2.31. The number of rotatable bonds is 5. The summed E-state index contributed by atoms with van der Waals surface area (Å²) in [5, 5.41) is 14.3. The van der Waals surface area contributed by atoms with E-state index in [4.69, 9.17) is 5.73 Å². The Balaban J connectivity index is 1.91. The van der Waals surface area contributed by atoms with Crippen molar-refractivity contribution in [3.63, 3.8) is 0 Å². The van der Waals surface area contributed by atoms with E-state index in [0.717, 1.165) is 5.69 Å². The fraction of sp³-hybridized carbons (Fsp3) is 0.200. The van der Waals surface area contributed by atoms with Crippen LogP contribution in [0.3, 0.4) is 0 Å². The number of aryl methyl sites for hydroxylation is 3. The zero-order valence-corrected chi connectivity index (χ0v) is 18.9. The number of halogens is 1. The number of carboxylic acids is 1. The second kappa shape index (κ2) is 8.58. The van der Waals surface area contributed by atoms with Crippen molar-refractivity contribution in [1.82, 2.24) is 9.78 Å². The van der Waals surface area contributed by atoms with Crippen molar-refractivity contribution in [1.29, 1.82) is 0 Å². The summed E-state index contributed by atoms with van der Waals surface area (Å²) < 4.78 is 15.0. The fourth-order valence-corrected chi connectivity index (χ4v) is 4.31. The summed E-state index contributed by atoms with van der Waals surface area (Å²) in [5.41, 5.74) is 9.20. The number of hydrogen-bond acceptors (Lipinski definition) is 4. The Morgan fingerprint density at radius 2 is 1.82 bits per heavy atom. The quantitative estimate of drug-likeness (QED) is 0.602. The molecule has 1 aliphatic heterocycles. The van der Waals surface area contributed by atoms with Gasteiger partial charge in [0.25, 0.3) is 0 Å². The second-order valence-corrected chi connectivity index (χ2v) is 8.30. The van der Waals surface area contributed by atoms with Crippen LogP contribution in [0, 0.1) is 19.7 Å². The van der Waals surface area contributed by atoms with Gasteiger partial charge in [0.05, 0.1) is 22.6 Å². The minimum atomic E-state index is -1.18. The molecule has 0 saturated heterocycles. The first-order valence-corrected chi connectivity index (χ1v) is 10.5. The van der Waals surface area contributed by atoms with E-state index in [2.05, 4.69) is 5.10 Å². The Labute approximate surface area is 195 Å². The molecule has 9 heteroatoms. The predicted octanol–water partition coefficient (Wildman–Crippen LogP) is 3.43. The molecule has 3 aromatic rings. The van der Waals surface area contributed by atoms with Crippen molar-refractivity contribution < 1.29 is 23.9 Å². The van der Waals surface area contributed by atoms with E-state index < -0.39 is 23.6 Å². The monoisotopic (exact) mass is 462 g/mol. The van der Waals surface area contributed by atoms with E-state index in [0.29, 0.717) is 28.1 Å². The molecule has 1 aliphatic rings. The Hall–Kier alpha value is -4.27. The molecule has 1 atom stereocenters. The molecule has 174 valence electrons. The highest BCUT2D eigenvalue weighted by Gasteiger charge is 2.34. The van der Waals surface area contributed by atoms with Crippen LogP contribution in [0.4, 0.5) is 10.1 Å². The van der Waals surface area contributed by atoms with Crippen LogP contribution in [0.5, 0.6) is 0 Å². The van der Waals surface area contributed by atoms with E-state index >= 15 is 0 Å². The highest BCUT2D eigenvalue weighted by molar-refractivity contribution is 6.06. The maximum Gasteiger partial charge on any atom is 0.333 e. The van der Waals surface area contributed by atoms with Crippen LogP contribution in [0.15, 0.2) is 54.2 Å². The van der Waals surface area contributed by atoms with Gasteiger partial charge >= 0.3 is 5.97 Å². The lowest BCUT2D eigenvalue weighted by Crippen LogP contribution is -2.35. The normalized spacial score (nSPS) is 15.9. The topological polar surface area (TPSA) is 119 Å². The first-order chi connectivity index (χ1) is 16.1. The molecule has 1 aromatic heterocycles. The van der Waals surface area contributed by atoms with Crippen LogP contribution in [-0.2, 0) is 16.6 Å². The summed E-state index contributed by atoms with van der Waals surface area (Å²) in [4.78, 5) is 38.8. The molecular formula is C25H23FN4O4. The lowest BCUT2D eigenvalue weighted by atomic mass is 9.85. The van der Waals surface area contributed by atoms with Gasteiger partial charge in [0.1, 0.15) is 5.82 Å². The van der Waals surface area contributed by atoms with E-state index in [1.54, 1.807) is 36.9 Å². The number of carbonyl (C=O) groups is 3. The minimum absolute atomic E-state index is 0.00465. The third-order valence-corrected chi connectivity index (χ3v) is 5.96. The molecule has 8 nitrogen and oxygen atoms in total. The van der Waals surface area contributed by atoms with Gasteiger partial charge in [-0.3, -0.25) is 19.2 Å². The van der Waals surface area contributed by atoms with E-state index in [9.17, 15) is 23.9 Å². The predicted molar refractivity (Wildman–Crippen MR) is 124 cm³/mol. The van der Waals surface area contributed by atoms with Crippen LogP contribution < -0.4 is 10.6 Å². The van der Waals surface area contributed by atoms with Gasteiger partial charge in [-0.2, -0.15) is 5.10 Å². The molecule has 0 spiro atoms. The standard InChI is InChI=1S/C25H23FN4O4/c1-13-8-22(19(10-17(13)24(27)32)21-9-14(2)28-29(21)3)30-12-20(25(33)34)18(11-23(30)31)15-4-6-16(26)7-5-15/h4-10,12,18H,11H2,1-3H3,(H2,27,32)(H,33,34)/t18-/m0/s1. The fourth-order valence-electron chi connectivity index (χ4n) is 4.31. The molecule has 3 N–H and O–H groups in total. The van der Waals surface area contributed by atoms with Gasteiger partial charge in [0.15, 0.2) is 0 Å². The second-order valence-electron chi connectivity index (χ2n) is 8.30. The van der Waals surface area contributed by atoms with Crippen molar-refractivity contribution in [2.24, 2.45) is 12.8 Å². The first-order valence-electron chi connectivity index (χ1n) is 10.5. The maximum atomic E-state index is 13.4. The van der Waals surface area contributed by atoms with Gasteiger partial charge in [-0.05, 0) is 55.3 Å². The number of aromatic nitrogens is 2. The maximum absolute atomic E-state index is 13.4. The number of hydrogen-bond donors (Lipinski definition) is 2. The Bertz CT molecular complexity index is 1360. The van der Waals surface area contributed by atoms with Crippen molar-refractivity contribution >= 4 is 23.5 Å².